The fourth-order valence-corrected chi connectivity index (χ4v) is 3.49. The predicted molar refractivity (Wildman–Crippen MR) is 101 cm³/mol. The number of likely N-dealkylation sites (tertiary alicyclic amines) is 1. The molecule has 1 aliphatic heterocycles. The van der Waals surface area contributed by atoms with E-state index in [1.807, 2.05) is 18.0 Å². The molecule has 1 saturated heterocycles. The Morgan fingerprint density at radius 2 is 2.07 bits per heavy atom. The Hall–Kier alpha value is -3.10. The van der Waals surface area contributed by atoms with Crippen molar-refractivity contribution in [2.45, 2.75) is 25.2 Å². The van der Waals surface area contributed by atoms with Crippen LogP contribution in [0.1, 0.15) is 41.4 Å². The number of aryl methyl sites for hydroxylation is 1. The van der Waals surface area contributed by atoms with Gasteiger partial charge in [-0.1, -0.05) is 0 Å². The molecular weight excluding hydrogens is 348 g/mol. The van der Waals surface area contributed by atoms with Crippen LogP contribution in [0.4, 0.5) is 0 Å². The summed E-state index contributed by atoms with van der Waals surface area (Å²) in [5.74, 6) is 0.107. The summed E-state index contributed by atoms with van der Waals surface area (Å²) in [6, 6.07) is 5.32. The Morgan fingerprint density at radius 3 is 2.70 bits per heavy atom. The summed E-state index contributed by atoms with van der Waals surface area (Å²) in [5, 5.41) is 18.8. The second-order valence-electron chi connectivity index (χ2n) is 6.78. The van der Waals surface area contributed by atoms with Crippen molar-refractivity contribution in [1.82, 2.24) is 19.8 Å². The van der Waals surface area contributed by atoms with Gasteiger partial charge in [0, 0.05) is 38.2 Å². The van der Waals surface area contributed by atoms with Gasteiger partial charge in [0.15, 0.2) is 5.96 Å². The molecule has 9 heteroatoms. The number of nitrogens with zero attached hydrogens (tertiary/aromatic N) is 3. The smallest absolute Gasteiger partial charge is 0.305 e. The molecule has 1 aliphatic rings. The third-order valence-corrected chi connectivity index (χ3v) is 5.00. The van der Waals surface area contributed by atoms with Crippen molar-refractivity contribution in [3.8, 4) is 0 Å². The first-order valence-corrected chi connectivity index (χ1v) is 8.92. The number of aliphatic carboxylic acids is 1. The third-order valence-electron chi connectivity index (χ3n) is 5.00. The van der Waals surface area contributed by atoms with Gasteiger partial charge in [-0.15, -0.1) is 0 Å². The number of rotatable bonds is 5. The molecular formula is C18H24N6O3. The van der Waals surface area contributed by atoms with E-state index in [1.165, 1.54) is 0 Å². The number of carboxylic acids is 1. The number of fused-ring (bicyclic) bond motifs is 1. The van der Waals surface area contributed by atoms with Crippen LogP contribution in [0.15, 0.2) is 18.2 Å². The van der Waals surface area contributed by atoms with Crippen molar-refractivity contribution < 1.29 is 14.7 Å². The molecule has 0 aliphatic carbocycles. The topological polar surface area (TPSA) is 137 Å². The maximum Gasteiger partial charge on any atom is 0.305 e. The molecule has 144 valence electrons. The van der Waals surface area contributed by atoms with E-state index in [9.17, 15) is 9.59 Å². The lowest BCUT2D eigenvalue weighted by molar-refractivity contribution is -0.136. The minimum Gasteiger partial charge on any atom is -0.481 e. The van der Waals surface area contributed by atoms with Gasteiger partial charge >= 0.3 is 5.97 Å². The van der Waals surface area contributed by atoms with Crippen molar-refractivity contribution in [2.75, 3.05) is 19.6 Å². The number of carbonyl (C=O) groups is 2. The highest BCUT2D eigenvalue weighted by molar-refractivity contribution is 5.97. The monoisotopic (exact) mass is 372 g/mol. The fraction of sp³-hybridized carbons (Fsp3) is 0.444. The Kier molecular flexibility index (Phi) is 5.29. The number of benzene rings is 1. The Morgan fingerprint density at radius 1 is 1.37 bits per heavy atom. The SMILES string of the molecule is Cn1c(C2CCN(C(=N)N)CC2)nc2cc(C(=O)NCCC(=O)O)ccc21. The van der Waals surface area contributed by atoms with Crippen LogP contribution in [-0.4, -0.2) is 57.0 Å². The van der Waals surface area contributed by atoms with Crippen LogP contribution in [0.2, 0.25) is 0 Å². The average Bonchev–Trinajstić information content (AvgIpc) is 2.97. The first kappa shape index (κ1) is 18.7. The van der Waals surface area contributed by atoms with E-state index >= 15 is 0 Å². The van der Waals surface area contributed by atoms with Crippen molar-refractivity contribution >= 4 is 28.9 Å². The summed E-state index contributed by atoms with van der Waals surface area (Å²) < 4.78 is 2.05. The predicted octanol–water partition coefficient (Wildman–Crippen LogP) is 0.851. The Bertz CT molecular complexity index is 883. The van der Waals surface area contributed by atoms with Gasteiger partial charge in [0.05, 0.1) is 17.5 Å². The van der Waals surface area contributed by atoms with Gasteiger partial charge in [0.1, 0.15) is 5.82 Å². The first-order chi connectivity index (χ1) is 12.9. The van der Waals surface area contributed by atoms with Gasteiger partial charge < -0.3 is 25.6 Å². The van der Waals surface area contributed by atoms with Gasteiger partial charge in [-0.05, 0) is 31.0 Å². The fourth-order valence-electron chi connectivity index (χ4n) is 3.49. The van der Waals surface area contributed by atoms with E-state index in [4.69, 9.17) is 21.2 Å². The number of hydrogen-bond donors (Lipinski definition) is 4. The van der Waals surface area contributed by atoms with Gasteiger partial charge in [0.2, 0.25) is 0 Å². The zero-order valence-electron chi connectivity index (χ0n) is 15.2. The molecule has 0 radical (unpaired) electrons. The highest BCUT2D eigenvalue weighted by atomic mass is 16.4. The molecule has 2 heterocycles. The summed E-state index contributed by atoms with van der Waals surface area (Å²) >= 11 is 0. The van der Waals surface area contributed by atoms with E-state index in [2.05, 4.69) is 9.88 Å². The van der Waals surface area contributed by atoms with Crippen LogP contribution >= 0.6 is 0 Å². The molecule has 1 amide bonds. The van der Waals surface area contributed by atoms with E-state index < -0.39 is 5.97 Å². The summed E-state index contributed by atoms with van der Waals surface area (Å²) in [7, 11) is 1.97. The summed E-state index contributed by atoms with van der Waals surface area (Å²) in [6.07, 6.45) is 1.64. The third kappa shape index (κ3) is 4.02. The average molecular weight is 372 g/mol. The second-order valence-corrected chi connectivity index (χ2v) is 6.78. The van der Waals surface area contributed by atoms with Crippen LogP contribution in [0.3, 0.4) is 0 Å². The van der Waals surface area contributed by atoms with E-state index in [0.29, 0.717) is 5.56 Å². The Balaban J connectivity index is 1.76. The number of carbonyl (C=O) groups excluding carboxylic acids is 1. The molecule has 0 unspecified atom stereocenters. The molecule has 1 aromatic carbocycles. The number of guanidine groups is 1. The number of nitrogens with two attached hydrogens (primary N) is 1. The number of hydrogen-bond acceptors (Lipinski definition) is 4. The van der Waals surface area contributed by atoms with Gasteiger partial charge in [-0.3, -0.25) is 15.0 Å². The van der Waals surface area contributed by atoms with Crippen molar-refractivity contribution in [3.05, 3.63) is 29.6 Å². The van der Waals surface area contributed by atoms with Crippen LogP contribution in [0.5, 0.6) is 0 Å². The van der Waals surface area contributed by atoms with Crippen LogP contribution in [0.25, 0.3) is 11.0 Å². The quantitative estimate of drug-likeness (QED) is 0.453. The summed E-state index contributed by atoms with van der Waals surface area (Å²) in [6.45, 7) is 1.56. The van der Waals surface area contributed by atoms with Gasteiger partial charge in [0.25, 0.3) is 5.91 Å². The maximum atomic E-state index is 12.2. The van der Waals surface area contributed by atoms with E-state index in [-0.39, 0.29) is 30.8 Å². The maximum absolute atomic E-state index is 12.2. The summed E-state index contributed by atoms with van der Waals surface area (Å²) in [4.78, 5) is 29.3. The Labute approximate surface area is 156 Å². The second kappa shape index (κ2) is 7.65. The number of amides is 1. The molecule has 3 rings (SSSR count). The minimum absolute atomic E-state index is 0.0917. The lowest BCUT2D eigenvalue weighted by Crippen LogP contribution is -2.42. The van der Waals surface area contributed by atoms with Crippen LogP contribution in [0, 0.1) is 5.41 Å². The molecule has 2 aromatic rings. The highest BCUT2D eigenvalue weighted by Gasteiger charge is 2.25. The lowest BCUT2D eigenvalue weighted by atomic mass is 9.96. The number of imidazole rings is 1. The standard InChI is InChI=1S/C18H24N6O3/c1-23-14-3-2-12(17(27)21-7-4-15(25)26)10-13(14)22-16(23)11-5-8-24(9-6-11)18(19)20/h2-3,10-11H,4-9H2,1H3,(H3,19,20)(H,21,27)(H,25,26). The molecule has 0 saturated carbocycles. The van der Waals surface area contributed by atoms with Gasteiger partial charge in [-0.2, -0.15) is 0 Å². The zero-order valence-corrected chi connectivity index (χ0v) is 15.2. The molecule has 0 bridgehead atoms. The molecule has 27 heavy (non-hydrogen) atoms. The van der Waals surface area contributed by atoms with E-state index in [1.54, 1.807) is 12.1 Å². The van der Waals surface area contributed by atoms with Crippen molar-refractivity contribution in [2.24, 2.45) is 12.8 Å². The molecule has 9 nitrogen and oxygen atoms in total. The van der Waals surface area contributed by atoms with Crippen LogP contribution < -0.4 is 11.1 Å². The summed E-state index contributed by atoms with van der Waals surface area (Å²) in [5.41, 5.74) is 7.71. The van der Waals surface area contributed by atoms with Gasteiger partial charge in [-0.25, -0.2) is 4.98 Å². The molecule has 0 atom stereocenters. The van der Waals surface area contributed by atoms with E-state index in [0.717, 1.165) is 42.8 Å². The molecule has 0 spiro atoms. The normalized spacial score (nSPS) is 15.1. The lowest BCUT2D eigenvalue weighted by Gasteiger charge is -2.31. The number of aromatic nitrogens is 2. The number of nitrogens with one attached hydrogen (secondary N) is 2. The minimum atomic E-state index is -0.948. The molecule has 1 aromatic heterocycles. The largest absolute Gasteiger partial charge is 0.481 e. The first-order valence-electron chi connectivity index (χ1n) is 8.92. The molecule has 1 fully saturated rings. The van der Waals surface area contributed by atoms with Crippen molar-refractivity contribution in [3.63, 3.8) is 0 Å². The number of piperidine rings is 1. The van der Waals surface area contributed by atoms with Crippen molar-refractivity contribution in [1.29, 1.82) is 5.41 Å². The zero-order chi connectivity index (χ0) is 19.6. The van der Waals surface area contributed by atoms with Crippen LogP contribution in [-0.2, 0) is 11.8 Å². The molecule has 5 N–H and O–H groups in total. The highest BCUT2D eigenvalue weighted by Crippen LogP contribution is 2.29. The number of carboxylic acid groups (broad SMARTS) is 1.